The van der Waals surface area contributed by atoms with Gasteiger partial charge in [-0.1, -0.05) is 53.7 Å². The van der Waals surface area contributed by atoms with Crippen LogP contribution in [0.1, 0.15) is 117 Å². The van der Waals surface area contributed by atoms with E-state index in [0.717, 1.165) is 24.0 Å². The van der Waals surface area contributed by atoms with E-state index in [-0.39, 0.29) is 29.0 Å². The summed E-state index contributed by atoms with van der Waals surface area (Å²) >= 11 is 0. The molecule has 172 valence electrons. The monoisotopic (exact) mass is 436 g/mol. The highest BCUT2D eigenvalue weighted by Crippen LogP contribution is 2.39. The van der Waals surface area contributed by atoms with Crippen molar-refractivity contribution in [3.8, 4) is 0 Å². The molecule has 1 aliphatic heterocycles. The van der Waals surface area contributed by atoms with Crippen molar-refractivity contribution in [1.29, 1.82) is 0 Å². The van der Waals surface area contributed by atoms with Crippen molar-refractivity contribution in [1.82, 2.24) is 9.62 Å². The van der Waals surface area contributed by atoms with E-state index in [0.29, 0.717) is 10.8 Å². The molecule has 0 atom stereocenters. The molecule has 0 amide bonds. The number of hydrogen-bond donors (Lipinski definition) is 1. The van der Waals surface area contributed by atoms with E-state index in [2.05, 4.69) is 86.7 Å². The molecule has 2 rings (SSSR count). The van der Waals surface area contributed by atoms with Gasteiger partial charge in [0.05, 0.1) is 4.90 Å². The maximum Gasteiger partial charge on any atom is 0.243 e. The number of sulfonamides is 1. The molecule has 0 aromatic heterocycles. The lowest BCUT2D eigenvalue weighted by Gasteiger charge is -2.48. The summed E-state index contributed by atoms with van der Waals surface area (Å²) in [4.78, 5) is 0.536. The lowest BCUT2D eigenvalue weighted by atomic mass is 9.80. The first-order valence-electron chi connectivity index (χ1n) is 11.4. The Hall–Kier alpha value is -0.910. The average molecular weight is 437 g/mol. The quantitative estimate of drug-likeness (QED) is 0.596. The van der Waals surface area contributed by atoms with Crippen LogP contribution in [0.5, 0.6) is 0 Å². The van der Waals surface area contributed by atoms with Crippen LogP contribution in [0.25, 0.3) is 0 Å². The lowest BCUT2D eigenvalue weighted by molar-refractivity contribution is 0.118. The van der Waals surface area contributed by atoms with E-state index in [1.54, 1.807) is 11.4 Å². The fourth-order valence-corrected chi connectivity index (χ4v) is 7.07. The number of hydrogen-bond acceptors (Lipinski definition) is 3. The van der Waals surface area contributed by atoms with Gasteiger partial charge in [-0.2, -0.15) is 4.31 Å². The third-order valence-corrected chi connectivity index (χ3v) is 8.44. The molecule has 0 radical (unpaired) electrons. The molecule has 1 saturated heterocycles. The number of nitrogens with one attached hydrogen (secondary N) is 1. The predicted octanol–water partition coefficient (Wildman–Crippen LogP) is 5.99. The Balaban J connectivity index is 2.66. The van der Waals surface area contributed by atoms with Gasteiger partial charge in [-0.05, 0) is 75.0 Å². The van der Waals surface area contributed by atoms with Crippen LogP contribution in [0, 0.1) is 0 Å². The molecule has 0 unspecified atom stereocenters. The largest absolute Gasteiger partial charge is 0.307 e. The molecule has 1 aromatic carbocycles. The lowest BCUT2D eigenvalue weighted by Crippen LogP contribution is -2.62. The standard InChI is InChI=1S/C25H44N2O2S/c1-16(2)19-12-21(17(3)4)23(22(13-19)18(5)6)30(28,29)27(11)20-14-24(7,8)26-25(9,10)15-20/h12-13,16-18,20,26H,14-15H2,1-11H3. The number of nitrogens with zero attached hydrogens (tertiary/aromatic N) is 1. The van der Waals surface area contributed by atoms with Gasteiger partial charge in [0.2, 0.25) is 10.0 Å². The fourth-order valence-electron chi connectivity index (χ4n) is 5.05. The number of rotatable bonds is 6. The van der Waals surface area contributed by atoms with Gasteiger partial charge in [-0.25, -0.2) is 8.42 Å². The molecular weight excluding hydrogens is 392 g/mol. The third-order valence-electron chi connectivity index (χ3n) is 6.40. The van der Waals surface area contributed by atoms with Crippen LogP contribution in [0.3, 0.4) is 0 Å². The summed E-state index contributed by atoms with van der Waals surface area (Å²) in [5.74, 6) is 0.640. The van der Waals surface area contributed by atoms with Gasteiger partial charge >= 0.3 is 0 Å². The van der Waals surface area contributed by atoms with E-state index in [1.165, 1.54) is 5.56 Å². The Morgan fingerprint density at radius 2 is 1.27 bits per heavy atom. The van der Waals surface area contributed by atoms with Crippen LogP contribution in [0.15, 0.2) is 17.0 Å². The first kappa shape index (κ1) is 25.4. The molecular formula is C25H44N2O2S. The molecule has 1 aromatic rings. The summed E-state index contributed by atoms with van der Waals surface area (Å²) in [6, 6.07) is 4.21. The Morgan fingerprint density at radius 1 is 0.867 bits per heavy atom. The summed E-state index contributed by atoms with van der Waals surface area (Å²) in [6.07, 6.45) is 1.59. The minimum Gasteiger partial charge on any atom is -0.307 e. The van der Waals surface area contributed by atoms with Crippen LogP contribution in [-0.2, 0) is 10.0 Å². The van der Waals surface area contributed by atoms with Gasteiger partial charge in [-0.3, -0.25) is 0 Å². The molecule has 1 aliphatic rings. The zero-order chi connectivity index (χ0) is 23.2. The molecule has 0 spiro atoms. The van der Waals surface area contributed by atoms with Crippen LogP contribution in [0.2, 0.25) is 0 Å². The Bertz CT molecular complexity index is 822. The SMILES string of the molecule is CC(C)c1cc(C(C)C)c(S(=O)(=O)N(C)C2CC(C)(C)NC(C)(C)C2)c(C(C)C)c1. The van der Waals surface area contributed by atoms with E-state index in [9.17, 15) is 8.42 Å². The van der Waals surface area contributed by atoms with Crippen molar-refractivity contribution in [2.24, 2.45) is 0 Å². The normalized spacial score (nSPS) is 20.0. The fraction of sp³-hybridized carbons (Fsp3) is 0.760. The highest BCUT2D eigenvalue weighted by Gasteiger charge is 2.43. The first-order valence-corrected chi connectivity index (χ1v) is 12.9. The molecule has 0 aliphatic carbocycles. The zero-order valence-electron chi connectivity index (χ0n) is 21.1. The second-order valence-corrected chi connectivity index (χ2v) is 13.4. The van der Waals surface area contributed by atoms with Crippen molar-refractivity contribution in [2.45, 2.75) is 122 Å². The van der Waals surface area contributed by atoms with Crippen LogP contribution in [-0.4, -0.2) is 36.9 Å². The highest BCUT2D eigenvalue weighted by molar-refractivity contribution is 7.89. The second kappa shape index (κ2) is 8.55. The van der Waals surface area contributed by atoms with Crippen molar-refractivity contribution in [2.75, 3.05) is 7.05 Å². The molecule has 0 saturated carbocycles. The summed E-state index contributed by atoms with van der Waals surface area (Å²) in [5.41, 5.74) is 2.89. The van der Waals surface area contributed by atoms with Crippen LogP contribution < -0.4 is 5.32 Å². The summed E-state index contributed by atoms with van der Waals surface area (Å²) in [6.45, 7) is 21.4. The second-order valence-electron chi connectivity index (χ2n) is 11.5. The average Bonchev–Trinajstić information content (AvgIpc) is 2.56. The molecule has 1 N–H and O–H groups in total. The minimum absolute atomic E-state index is 0.0361. The molecule has 5 heteroatoms. The van der Waals surface area contributed by atoms with Crippen molar-refractivity contribution in [3.05, 3.63) is 28.8 Å². The summed E-state index contributed by atoms with van der Waals surface area (Å²) in [7, 11) is -1.85. The van der Waals surface area contributed by atoms with Crippen molar-refractivity contribution >= 4 is 10.0 Å². The third kappa shape index (κ3) is 5.28. The summed E-state index contributed by atoms with van der Waals surface area (Å²) < 4.78 is 29.8. The van der Waals surface area contributed by atoms with E-state index in [1.807, 2.05) is 0 Å². The summed E-state index contributed by atoms with van der Waals surface area (Å²) in [5, 5.41) is 3.67. The van der Waals surface area contributed by atoms with Crippen molar-refractivity contribution in [3.63, 3.8) is 0 Å². The minimum atomic E-state index is -3.63. The highest BCUT2D eigenvalue weighted by atomic mass is 32.2. The van der Waals surface area contributed by atoms with Crippen LogP contribution >= 0.6 is 0 Å². The molecule has 30 heavy (non-hydrogen) atoms. The molecule has 1 heterocycles. The first-order chi connectivity index (χ1) is 13.5. The maximum atomic E-state index is 14.1. The van der Waals surface area contributed by atoms with Gasteiger partial charge in [0.25, 0.3) is 0 Å². The smallest absolute Gasteiger partial charge is 0.243 e. The van der Waals surface area contributed by atoms with Crippen molar-refractivity contribution < 1.29 is 8.42 Å². The maximum absolute atomic E-state index is 14.1. The van der Waals surface area contributed by atoms with Gasteiger partial charge in [0.15, 0.2) is 0 Å². The predicted molar refractivity (Wildman–Crippen MR) is 128 cm³/mol. The molecule has 0 bridgehead atoms. The van der Waals surface area contributed by atoms with Gasteiger partial charge in [0.1, 0.15) is 0 Å². The Kier molecular flexibility index (Phi) is 7.23. The zero-order valence-corrected chi connectivity index (χ0v) is 21.9. The van der Waals surface area contributed by atoms with Gasteiger partial charge < -0.3 is 5.32 Å². The number of benzene rings is 1. The van der Waals surface area contributed by atoms with Gasteiger partial charge in [0, 0.05) is 24.2 Å². The topological polar surface area (TPSA) is 49.4 Å². The Morgan fingerprint density at radius 3 is 1.60 bits per heavy atom. The molecule has 4 nitrogen and oxygen atoms in total. The molecule has 1 fully saturated rings. The van der Waals surface area contributed by atoms with E-state index < -0.39 is 10.0 Å². The van der Waals surface area contributed by atoms with Crippen LogP contribution in [0.4, 0.5) is 0 Å². The van der Waals surface area contributed by atoms with Gasteiger partial charge in [-0.15, -0.1) is 0 Å². The van der Waals surface area contributed by atoms with E-state index >= 15 is 0 Å². The number of piperidine rings is 1. The Labute approximate surface area is 185 Å². The van der Waals surface area contributed by atoms with E-state index in [4.69, 9.17) is 0 Å².